The second kappa shape index (κ2) is 3.43. The summed E-state index contributed by atoms with van der Waals surface area (Å²) in [4.78, 5) is 0. The molecule has 0 atom stereocenters. The lowest BCUT2D eigenvalue weighted by Crippen LogP contribution is -2.39. The third-order valence-corrected chi connectivity index (χ3v) is 2.15. The van der Waals surface area contributed by atoms with E-state index in [9.17, 15) is 0 Å². The van der Waals surface area contributed by atoms with Gasteiger partial charge in [0.1, 0.15) is 0 Å². The van der Waals surface area contributed by atoms with Crippen molar-refractivity contribution in [3.63, 3.8) is 0 Å². The highest BCUT2D eigenvalue weighted by Gasteiger charge is 2.23. The molecule has 0 aromatic heterocycles. The molecule has 0 aliphatic carbocycles. The summed E-state index contributed by atoms with van der Waals surface area (Å²) in [6.45, 7) is 4.46. The molecule has 9 heavy (non-hydrogen) atoms. The van der Waals surface area contributed by atoms with Gasteiger partial charge in [-0.3, -0.25) is 0 Å². The van der Waals surface area contributed by atoms with Gasteiger partial charge in [0.05, 0.1) is 0 Å². The van der Waals surface area contributed by atoms with E-state index in [1.807, 2.05) is 4.42 Å². The summed E-state index contributed by atoms with van der Waals surface area (Å²) in [6.07, 6.45) is 4.06. The van der Waals surface area contributed by atoms with Crippen LogP contribution in [-0.4, -0.2) is 17.5 Å². The van der Waals surface area contributed by atoms with Gasteiger partial charge in [0.2, 0.25) is 0 Å². The van der Waals surface area contributed by atoms with Crippen LogP contribution in [0.5, 0.6) is 0 Å². The molecule has 0 amide bonds. The summed E-state index contributed by atoms with van der Waals surface area (Å²) in [7, 11) is 0. The zero-order valence-corrected chi connectivity index (χ0v) is 6.69. The number of unbranched alkanes of at least 4 members (excludes halogenated alkanes) is 1. The first-order chi connectivity index (χ1) is 4.33. The minimum absolute atomic E-state index is 0.905. The van der Waals surface area contributed by atoms with Crippen molar-refractivity contribution in [1.82, 2.24) is 4.42 Å². The maximum absolute atomic E-state index is 5.66. The first-order valence-electron chi connectivity index (χ1n) is 3.73. The van der Waals surface area contributed by atoms with Crippen LogP contribution < -0.4 is 0 Å². The smallest absolute Gasteiger partial charge is 0.0180 e. The van der Waals surface area contributed by atoms with Crippen molar-refractivity contribution in [2.24, 2.45) is 5.92 Å². The van der Waals surface area contributed by atoms with Crippen LogP contribution in [0.25, 0.3) is 0 Å². The van der Waals surface area contributed by atoms with Gasteiger partial charge in [0.15, 0.2) is 0 Å². The molecule has 1 aliphatic rings. The summed E-state index contributed by atoms with van der Waals surface area (Å²) >= 11 is 5.66. The molecule has 1 saturated heterocycles. The highest BCUT2D eigenvalue weighted by Crippen LogP contribution is 2.22. The number of hydrogen-bond acceptors (Lipinski definition) is 1. The highest BCUT2D eigenvalue weighted by molar-refractivity contribution is 6.13. The Hall–Kier alpha value is 0.250. The molecule has 1 fully saturated rings. The molecular weight excluding hydrogens is 134 g/mol. The fraction of sp³-hybridized carbons (Fsp3) is 1.00. The lowest BCUT2D eigenvalue weighted by molar-refractivity contribution is 0.194. The normalized spacial score (nSPS) is 22.0. The first-order valence-corrected chi connectivity index (χ1v) is 4.07. The van der Waals surface area contributed by atoms with Crippen molar-refractivity contribution >= 4 is 11.8 Å². The van der Waals surface area contributed by atoms with Crippen LogP contribution in [0.4, 0.5) is 0 Å². The van der Waals surface area contributed by atoms with Crippen molar-refractivity contribution in [3.8, 4) is 0 Å². The summed E-state index contributed by atoms with van der Waals surface area (Å²) < 4.78 is 1.86. The Bertz CT molecular complexity index is 79.0. The molecule has 1 heterocycles. The Balaban J connectivity index is 1.91. The van der Waals surface area contributed by atoms with Gasteiger partial charge in [-0.05, 0) is 24.1 Å². The predicted octanol–water partition coefficient (Wildman–Crippen LogP) is 2.26. The van der Waals surface area contributed by atoms with Crippen LogP contribution in [0, 0.1) is 5.92 Å². The van der Waals surface area contributed by atoms with E-state index in [-0.39, 0.29) is 0 Å². The Labute approximate surface area is 62.1 Å². The number of rotatable bonds is 3. The third-order valence-electron chi connectivity index (χ3n) is 1.88. The van der Waals surface area contributed by atoms with Gasteiger partial charge in [-0.15, -0.1) is 0 Å². The van der Waals surface area contributed by atoms with Gasteiger partial charge < -0.3 is 0 Å². The van der Waals surface area contributed by atoms with Crippen molar-refractivity contribution in [2.45, 2.75) is 26.2 Å². The minimum atomic E-state index is 0.905. The third kappa shape index (κ3) is 2.15. The summed E-state index contributed by atoms with van der Waals surface area (Å²) in [5.74, 6) is 0.905. The first kappa shape index (κ1) is 7.36. The molecule has 0 N–H and O–H groups in total. The molecule has 0 spiro atoms. The van der Waals surface area contributed by atoms with Crippen LogP contribution in [-0.2, 0) is 0 Å². The maximum atomic E-state index is 5.66. The second-order valence-electron chi connectivity index (χ2n) is 2.84. The second-order valence-corrected chi connectivity index (χ2v) is 3.31. The van der Waals surface area contributed by atoms with Gasteiger partial charge in [0, 0.05) is 13.1 Å². The molecule has 0 aromatic rings. The zero-order valence-electron chi connectivity index (χ0n) is 5.94. The molecule has 1 rings (SSSR count). The Morgan fingerprint density at radius 3 is 2.67 bits per heavy atom. The zero-order chi connectivity index (χ0) is 6.69. The molecule has 0 radical (unpaired) electrons. The Kier molecular flexibility index (Phi) is 2.80. The van der Waals surface area contributed by atoms with E-state index in [1.54, 1.807) is 0 Å². The molecule has 0 bridgehead atoms. The topological polar surface area (TPSA) is 3.24 Å². The Morgan fingerprint density at radius 1 is 1.56 bits per heavy atom. The van der Waals surface area contributed by atoms with Crippen molar-refractivity contribution in [3.05, 3.63) is 0 Å². The largest absolute Gasteiger partial charge is 0.220 e. The van der Waals surface area contributed by atoms with Crippen LogP contribution in [0.2, 0.25) is 0 Å². The maximum Gasteiger partial charge on any atom is 0.0180 e. The molecule has 0 unspecified atom stereocenters. The van der Waals surface area contributed by atoms with Gasteiger partial charge in [-0.2, -0.15) is 0 Å². The van der Waals surface area contributed by atoms with E-state index >= 15 is 0 Å². The monoisotopic (exact) mass is 147 g/mol. The fourth-order valence-corrected chi connectivity index (χ4v) is 1.57. The number of halogens is 1. The lowest BCUT2D eigenvalue weighted by atomic mass is 9.97. The summed E-state index contributed by atoms with van der Waals surface area (Å²) in [5.41, 5.74) is 0. The number of hydrogen-bond donors (Lipinski definition) is 0. The molecule has 1 nitrogen and oxygen atoms in total. The average molecular weight is 148 g/mol. The van der Waals surface area contributed by atoms with Gasteiger partial charge in [0.25, 0.3) is 0 Å². The SMILES string of the molecule is CCCCC1CN(Cl)C1. The van der Waals surface area contributed by atoms with Crippen LogP contribution in [0.15, 0.2) is 0 Å². The number of nitrogens with zero attached hydrogens (tertiary/aromatic N) is 1. The van der Waals surface area contributed by atoms with Crippen molar-refractivity contribution in [2.75, 3.05) is 13.1 Å². The molecule has 0 saturated carbocycles. The van der Waals surface area contributed by atoms with Crippen LogP contribution in [0.3, 0.4) is 0 Å². The quantitative estimate of drug-likeness (QED) is 0.554. The standard InChI is InChI=1S/C7H14ClN/c1-2-3-4-7-5-9(8)6-7/h7H,2-6H2,1H3. The van der Waals surface area contributed by atoms with E-state index < -0.39 is 0 Å². The fourth-order valence-electron chi connectivity index (χ4n) is 1.18. The van der Waals surface area contributed by atoms with E-state index in [1.165, 1.54) is 19.3 Å². The van der Waals surface area contributed by atoms with E-state index in [4.69, 9.17) is 11.8 Å². The van der Waals surface area contributed by atoms with Gasteiger partial charge in [-0.1, -0.05) is 19.8 Å². The molecule has 2 heteroatoms. The van der Waals surface area contributed by atoms with E-state index in [2.05, 4.69) is 6.92 Å². The molecule has 54 valence electrons. The van der Waals surface area contributed by atoms with E-state index in [0.717, 1.165) is 19.0 Å². The van der Waals surface area contributed by atoms with Crippen LogP contribution in [0.1, 0.15) is 26.2 Å². The van der Waals surface area contributed by atoms with Crippen molar-refractivity contribution < 1.29 is 0 Å². The van der Waals surface area contributed by atoms with Gasteiger partial charge >= 0.3 is 0 Å². The van der Waals surface area contributed by atoms with E-state index in [0.29, 0.717) is 0 Å². The summed E-state index contributed by atoms with van der Waals surface area (Å²) in [5, 5.41) is 0. The van der Waals surface area contributed by atoms with Crippen LogP contribution >= 0.6 is 11.8 Å². The summed E-state index contributed by atoms with van der Waals surface area (Å²) in [6, 6.07) is 0. The van der Waals surface area contributed by atoms with Gasteiger partial charge in [-0.25, -0.2) is 4.42 Å². The predicted molar refractivity (Wildman–Crippen MR) is 40.4 cm³/mol. The van der Waals surface area contributed by atoms with Crippen molar-refractivity contribution in [1.29, 1.82) is 0 Å². The lowest BCUT2D eigenvalue weighted by Gasteiger charge is -2.33. The molecule has 0 aromatic carbocycles. The minimum Gasteiger partial charge on any atom is -0.220 e. The molecule has 1 aliphatic heterocycles. The Morgan fingerprint density at radius 2 is 2.22 bits per heavy atom. The highest BCUT2D eigenvalue weighted by atomic mass is 35.5. The molecular formula is C7H14ClN. The average Bonchev–Trinajstić information content (AvgIpc) is 1.78.